The highest BCUT2D eigenvalue weighted by molar-refractivity contribution is 6.31. The zero-order valence-electron chi connectivity index (χ0n) is 12.1. The van der Waals surface area contributed by atoms with E-state index in [9.17, 15) is 5.11 Å². The minimum atomic E-state index is -0.237. The van der Waals surface area contributed by atoms with Gasteiger partial charge in [0.1, 0.15) is 0 Å². The molecular formula is C14H24ClN3O. The summed E-state index contributed by atoms with van der Waals surface area (Å²) in [7, 11) is 0. The van der Waals surface area contributed by atoms with Crippen LogP contribution >= 0.6 is 11.6 Å². The Hall–Kier alpha value is -0.580. The SMILES string of the molecule is CCn1nc(C)c(Cl)c1CN1CCCC1CC(C)O. The molecule has 0 aliphatic carbocycles. The molecule has 1 fully saturated rings. The minimum Gasteiger partial charge on any atom is -0.393 e. The number of hydrogen-bond acceptors (Lipinski definition) is 3. The normalized spacial score (nSPS) is 22.1. The predicted molar refractivity (Wildman–Crippen MR) is 77.4 cm³/mol. The Kier molecular flexibility index (Phi) is 4.87. The number of likely N-dealkylation sites (tertiary alicyclic amines) is 1. The lowest BCUT2D eigenvalue weighted by Crippen LogP contribution is -2.32. The second-order valence-corrected chi connectivity index (χ2v) is 5.89. The third-order valence-electron chi connectivity index (χ3n) is 3.92. The molecule has 1 N–H and O–H groups in total. The van der Waals surface area contributed by atoms with Crippen LogP contribution < -0.4 is 0 Å². The van der Waals surface area contributed by atoms with Gasteiger partial charge >= 0.3 is 0 Å². The second-order valence-electron chi connectivity index (χ2n) is 5.51. The van der Waals surface area contributed by atoms with Crippen molar-refractivity contribution in [2.24, 2.45) is 0 Å². The number of aliphatic hydroxyl groups is 1. The van der Waals surface area contributed by atoms with Gasteiger partial charge < -0.3 is 5.11 Å². The summed E-state index contributed by atoms with van der Waals surface area (Å²) in [5.41, 5.74) is 2.02. The van der Waals surface area contributed by atoms with E-state index in [1.54, 1.807) is 0 Å². The zero-order chi connectivity index (χ0) is 14.0. The Labute approximate surface area is 120 Å². The van der Waals surface area contributed by atoms with Crippen molar-refractivity contribution in [3.05, 3.63) is 16.4 Å². The topological polar surface area (TPSA) is 41.3 Å². The van der Waals surface area contributed by atoms with Gasteiger partial charge in [-0.15, -0.1) is 0 Å². The zero-order valence-corrected chi connectivity index (χ0v) is 12.8. The van der Waals surface area contributed by atoms with Crippen molar-refractivity contribution in [2.45, 2.75) is 65.3 Å². The van der Waals surface area contributed by atoms with Crippen LogP contribution in [0.5, 0.6) is 0 Å². The standard InChI is InChI=1S/C14H24ClN3O/c1-4-18-13(14(15)11(3)16-18)9-17-7-5-6-12(17)8-10(2)19/h10,12,19H,4-9H2,1-3H3. The van der Waals surface area contributed by atoms with E-state index >= 15 is 0 Å². The maximum Gasteiger partial charge on any atom is 0.0860 e. The second kappa shape index (κ2) is 6.25. The summed E-state index contributed by atoms with van der Waals surface area (Å²) in [4.78, 5) is 2.43. The highest BCUT2D eigenvalue weighted by Gasteiger charge is 2.27. The summed E-state index contributed by atoms with van der Waals surface area (Å²) in [6, 6.07) is 0.469. The quantitative estimate of drug-likeness (QED) is 0.904. The first-order valence-corrected chi connectivity index (χ1v) is 7.54. The third kappa shape index (κ3) is 3.30. The molecule has 1 aromatic rings. The lowest BCUT2D eigenvalue weighted by molar-refractivity contribution is 0.129. The van der Waals surface area contributed by atoms with Gasteiger partial charge in [-0.25, -0.2) is 0 Å². The molecular weight excluding hydrogens is 262 g/mol. The van der Waals surface area contributed by atoms with Gasteiger partial charge in [-0.2, -0.15) is 5.10 Å². The van der Waals surface area contributed by atoms with Gasteiger partial charge in [-0.3, -0.25) is 9.58 Å². The minimum absolute atomic E-state index is 0.237. The lowest BCUT2D eigenvalue weighted by Gasteiger charge is -2.25. The highest BCUT2D eigenvalue weighted by atomic mass is 35.5. The van der Waals surface area contributed by atoms with E-state index in [2.05, 4.69) is 16.9 Å². The number of aliphatic hydroxyl groups excluding tert-OH is 1. The fourth-order valence-electron chi connectivity index (χ4n) is 2.98. The van der Waals surface area contributed by atoms with Crippen LogP contribution in [0, 0.1) is 6.92 Å². The molecule has 1 saturated heterocycles. The van der Waals surface area contributed by atoms with Crippen LogP contribution in [-0.4, -0.2) is 38.5 Å². The summed E-state index contributed by atoms with van der Waals surface area (Å²) in [6.45, 7) is 8.67. The molecule has 1 aliphatic rings. The summed E-state index contributed by atoms with van der Waals surface area (Å²) in [5, 5.41) is 14.8. The molecule has 0 aromatic carbocycles. The van der Waals surface area contributed by atoms with Crippen molar-refractivity contribution in [1.82, 2.24) is 14.7 Å². The van der Waals surface area contributed by atoms with Crippen molar-refractivity contribution < 1.29 is 5.11 Å². The molecule has 2 rings (SSSR count). The van der Waals surface area contributed by atoms with Crippen LogP contribution in [-0.2, 0) is 13.1 Å². The molecule has 19 heavy (non-hydrogen) atoms. The van der Waals surface area contributed by atoms with Crippen LogP contribution in [0.2, 0.25) is 5.02 Å². The smallest absolute Gasteiger partial charge is 0.0860 e. The maximum atomic E-state index is 9.59. The fourth-order valence-corrected chi connectivity index (χ4v) is 3.17. The third-order valence-corrected chi connectivity index (χ3v) is 4.41. The van der Waals surface area contributed by atoms with E-state index in [1.807, 2.05) is 18.5 Å². The molecule has 5 heteroatoms. The Balaban J connectivity index is 2.12. The van der Waals surface area contributed by atoms with E-state index in [0.717, 1.165) is 42.5 Å². The van der Waals surface area contributed by atoms with Crippen molar-refractivity contribution >= 4 is 11.6 Å². The summed E-state index contributed by atoms with van der Waals surface area (Å²) >= 11 is 6.37. The monoisotopic (exact) mass is 285 g/mol. The van der Waals surface area contributed by atoms with Crippen LogP contribution in [0.15, 0.2) is 0 Å². The van der Waals surface area contributed by atoms with Crippen molar-refractivity contribution in [3.63, 3.8) is 0 Å². The highest BCUT2D eigenvalue weighted by Crippen LogP contribution is 2.27. The molecule has 2 heterocycles. The molecule has 1 aliphatic heterocycles. The Morgan fingerprint density at radius 2 is 2.26 bits per heavy atom. The largest absolute Gasteiger partial charge is 0.393 e. The van der Waals surface area contributed by atoms with Crippen LogP contribution in [0.3, 0.4) is 0 Å². The van der Waals surface area contributed by atoms with Crippen molar-refractivity contribution in [2.75, 3.05) is 6.54 Å². The van der Waals surface area contributed by atoms with E-state index in [4.69, 9.17) is 11.6 Å². The molecule has 0 radical (unpaired) electrons. The molecule has 1 aromatic heterocycles. The first kappa shape index (κ1) is 14.8. The summed E-state index contributed by atoms with van der Waals surface area (Å²) in [5.74, 6) is 0. The first-order chi connectivity index (χ1) is 9.02. The average Bonchev–Trinajstić information content (AvgIpc) is 2.88. The van der Waals surface area contributed by atoms with Crippen molar-refractivity contribution in [3.8, 4) is 0 Å². The Bertz CT molecular complexity index is 431. The van der Waals surface area contributed by atoms with E-state index in [1.165, 1.54) is 12.8 Å². The Morgan fingerprint density at radius 1 is 1.53 bits per heavy atom. The van der Waals surface area contributed by atoms with E-state index in [0.29, 0.717) is 6.04 Å². The van der Waals surface area contributed by atoms with Gasteiger partial charge in [-0.1, -0.05) is 11.6 Å². The summed E-state index contributed by atoms with van der Waals surface area (Å²) in [6.07, 6.45) is 2.98. The molecule has 0 bridgehead atoms. The molecule has 0 saturated carbocycles. The molecule has 108 valence electrons. The number of nitrogens with zero attached hydrogens (tertiary/aromatic N) is 3. The number of hydrogen-bond donors (Lipinski definition) is 1. The Morgan fingerprint density at radius 3 is 2.89 bits per heavy atom. The van der Waals surface area contributed by atoms with Gasteiger partial charge in [0.25, 0.3) is 0 Å². The van der Waals surface area contributed by atoms with Crippen LogP contribution in [0.25, 0.3) is 0 Å². The first-order valence-electron chi connectivity index (χ1n) is 7.16. The van der Waals surface area contributed by atoms with Gasteiger partial charge in [-0.05, 0) is 46.6 Å². The molecule has 2 atom stereocenters. The summed E-state index contributed by atoms with van der Waals surface area (Å²) < 4.78 is 2.00. The molecule has 0 spiro atoms. The molecule has 2 unspecified atom stereocenters. The lowest BCUT2D eigenvalue weighted by atomic mass is 10.1. The number of aryl methyl sites for hydroxylation is 2. The number of rotatable bonds is 5. The maximum absolute atomic E-state index is 9.59. The fraction of sp³-hybridized carbons (Fsp3) is 0.786. The van der Waals surface area contributed by atoms with Gasteiger partial charge in [0.15, 0.2) is 0 Å². The van der Waals surface area contributed by atoms with E-state index < -0.39 is 0 Å². The molecule has 4 nitrogen and oxygen atoms in total. The average molecular weight is 286 g/mol. The molecule has 0 amide bonds. The number of aromatic nitrogens is 2. The van der Waals surface area contributed by atoms with Crippen molar-refractivity contribution in [1.29, 1.82) is 0 Å². The predicted octanol–water partition coefficient (Wildman–Crippen LogP) is 2.60. The van der Waals surface area contributed by atoms with E-state index in [-0.39, 0.29) is 6.10 Å². The van der Waals surface area contributed by atoms with Gasteiger partial charge in [0.05, 0.1) is 22.5 Å². The van der Waals surface area contributed by atoms with Crippen LogP contribution in [0.4, 0.5) is 0 Å². The van der Waals surface area contributed by atoms with Gasteiger partial charge in [0, 0.05) is 19.1 Å². The van der Waals surface area contributed by atoms with Gasteiger partial charge in [0.2, 0.25) is 0 Å². The van der Waals surface area contributed by atoms with Crippen LogP contribution in [0.1, 0.15) is 44.5 Å². The number of halogens is 1.